The highest BCUT2D eigenvalue weighted by molar-refractivity contribution is 7.95. The van der Waals surface area contributed by atoms with Gasteiger partial charge < -0.3 is 5.32 Å². The van der Waals surface area contributed by atoms with Gasteiger partial charge in [-0.2, -0.15) is 5.26 Å². The molecule has 2 rings (SSSR count). The second-order valence-corrected chi connectivity index (χ2v) is 6.45. The van der Waals surface area contributed by atoms with E-state index in [1.807, 2.05) is 0 Å². The third kappa shape index (κ3) is 3.63. The van der Waals surface area contributed by atoms with Crippen LogP contribution in [0.1, 0.15) is 0 Å². The summed E-state index contributed by atoms with van der Waals surface area (Å²) in [6.07, 6.45) is 1.16. The highest BCUT2D eigenvalue weighted by atomic mass is 35.5. The lowest BCUT2D eigenvalue weighted by molar-refractivity contribution is 0.603. The number of nitriles is 1. The number of hydrogen-bond acceptors (Lipinski definition) is 4. The van der Waals surface area contributed by atoms with Gasteiger partial charge in [0, 0.05) is 16.9 Å². The smallest absolute Gasteiger partial charge is 0.218 e. The summed E-state index contributed by atoms with van der Waals surface area (Å²) in [5, 5.41) is 12.4. The molecule has 6 heteroatoms. The van der Waals surface area contributed by atoms with Gasteiger partial charge in [-0.25, -0.2) is 8.42 Å². The number of nitrogens with zero attached hydrogens (tertiary/aromatic N) is 1. The minimum Gasteiger partial charge on any atom is -0.360 e. The molecule has 0 spiro atoms. The van der Waals surface area contributed by atoms with Gasteiger partial charge in [0.05, 0.1) is 4.90 Å². The molecule has 0 unspecified atom stereocenters. The highest BCUT2D eigenvalue weighted by Crippen LogP contribution is 2.20. The molecule has 2 aromatic rings. The summed E-state index contributed by atoms with van der Waals surface area (Å²) in [5.74, 6) is 0. The summed E-state index contributed by atoms with van der Waals surface area (Å²) in [4.78, 5) is -0.292. The molecule has 1 N–H and O–H groups in total. The zero-order valence-electron chi connectivity index (χ0n) is 10.8. The zero-order chi connectivity index (χ0) is 15.3. The normalized spacial score (nSPS) is 11.7. The molecule has 21 heavy (non-hydrogen) atoms. The van der Waals surface area contributed by atoms with E-state index in [-0.39, 0.29) is 9.80 Å². The van der Waals surface area contributed by atoms with Crippen molar-refractivity contribution in [3.63, 3.8) is 0 Å². The minimum absolute atomic E-state index is 0.0747. The largest absolute Gasteiger partial charge is 0.360 e. The maximum atomic E-state index is 12.3. The number of halogens is 1. The van der Waals surface area contributed by atoms with Crippen molar-refractivity contribution in [2.45, 2.75) is 4.90 Å². The van der Waals surface area contributed by atoms with Gasteiger partial charge in [0.25, 0.3) is 0 Å². The van der Waals surface area contributed by atoms with Crippen LogP contribution in [0.3, 0.4) is 0 Å². The standard InChI is InChI=1S/C15H11ClN2O2S/c16-12-5-4-6-13(9-12)18-11-15(10-17)21(19,20)14-7-2-1-3-8-14/h1-9,11,18H/b15-11+. The van der Waals surface area contributed by atoms with Crippen LogP contribution >= 0.6 is 11.6 Å². The van der Waals surface area contributed by atoms with E-state index < -0.39 is 9.84 Å². The van der Waals surface area contributed by atoms with Gasteiger partial charge in [-0.15, -0.1) is 0 Å². The SMILES string of the molecule is N#C/C(=C\Nc1cccc(Cl)c1)S(=O)(=O)c1ccccc1. The van der Waals surface area contributed by atoms with Crippen molar-refractivity contribution >= 4 is 27.1 Å². The van der Waals surface area contributed by atoms with E-state index in [1.54, 1.807) is 48.5 Å². The average molecular weight is 319 g/mol. The first-order valence-electron chi connectivity index (χ1n) is 5.96. The molecule has 0 bridgehead atoms. The van der Waals surface area contributed by atoms with Crippen molar-refractivity contribution in [3.05, 3.63) is 70.7 Å². The Balaban J connectivity index is 2.32. The van der Waals surface area contributed by atoms with Gasteiger partial charge in [0.2, 0.25) is 9.84 Å². The van der Waals surface area contributed by atoms with E-state index in [0.29, 0.717) is 10.7 Å². The molecular weight excluding hydrogens is 308 g/mol. The molecule has 0 fully saturated rings. The minimum atomic E-state index is -3.83. The predicted molar refractivity (Wildman–Crippen MR) is 82.4 cm³/mol. The molecule has 106 valence electrons. The number of allylic oxidation sites excluding steroid dienone is 1. The summed E-state index contributed by atoms with van der Waals surface area (Å²) in [7, 11) is -3.83. The summed E-state index contributed by atoms with van der Waals surface area (Å²) in [5.41, 5.74) is 0.596. The topological polar surface area (TPSA) is 70.0 Å². The second-order valence-electron chi connectivity index (χ2n) is 4.09. The lowest BCUT2D eigenvalue weighted by Crippen LogP contribution is -2.05. The van der Waals surface area contributed by atoms with Crippen LogP contribution in [0.15, 0.2) is 70.6 Å². The number of hydrogen-bond donors (Lipinski definition) is 1. The molecule has 4 nitrogen and oxygen atoms in total. The fraction of sp³-hybridized carbons (Fsp3) is 0. The van der Waals surface area contributed by atoms with Crippen LogP contribution in [0.4, 0.5) is 5.69 Å². The number of anilines is 1. The maximum absolute atomic E-state index is 12.3. The van der Waals surface area contributed by atoms with Gasteiger partial charge in [-0.05, 0) is 30.3 Å². The average Bonchev–Trinajstić information content (AvgIpc) is 2.48. The van der Waals surface area contributed by atoms with Crippen molar-refractivity contribution in [1.82, 2.24) is 0 Å². The van der Waals surface area contributed by atoms with Crippen LogP contribution in [-0.2, 0) is 9.84 Å². The molecule has 2 aromatic carbocycles. The third-order valence-electron chi connectivity index (χ3n) is 2.65. The summed E-state index contributed by atoms with van der Waals surface area (Å²) < 4.78 is 24.6. The van der Waals surface area contributed by atoms with E-state index in [0.717, 1.165) is 6.20 Å². The predicted octanol–water partition coefficient (Wildman–Crippen LogP) is 3.59. The fourth-order valence-corrected chi connectivity index (χ4v) is 2.92. The molecule has 0 saturated carbocycles. The quantitative estimate of drug-likeness (QED) is 0.875. The van der Waals surface area contributed by atoms with Crippen LogP contribution < -0.4 is 5.32 Å². The zero-order valence-corrected chi connectivity index (χ0v) is 12.4. The Morgan fingerprint density at radius 2 is 1.86 bits per heavy atom. The van der Waals surface area contributed by atoms with Crippen LogP contribution in [0.25, 0.3) is 0 Å². The maximum Gasteiger partial charge on any atom is 0.218 e. The van der Waals surface area contributed by atoms with Gasteiger partial charge >= 0.3 is 0 Å². The van der Waals surface area contributed by atoms with Crippen molar-refractivity contribution < 1.29 is 8.42 Å². The van der Waals surface area contributed by atoms with E-state index in [4.69, 9.17) is 16.9 Å². The van der Waals surface area contributed by atoms with Crippen molar-refractivity contribution in [1.29, 1.82) is 5.26 Å². The van der Waals surface area contributed by atoms with Crippen molar-refractivity contribution in [2.24, 2.45) is 0 Å². The van der Waals surface area contributed by atoms with Gasteiger partial charge in [-0.3, -0.25) is 0 Å². The Bertz CT molecular complexity index is 809. The molecule has 0 aliphatic carbocycles. The highest BCUT2D eigenvalue weighted by Gasteiger charge is 2.20. The third-order valence-corrected chi connectivity index (χ3v) is 4.56. The van der Waals surface area contributed by atoms with Crippen LogP contribution in [0.2, 0.25) is 5.02 Å². The Morgan fingerprint density at radius 3 is 2.48 bits per heavy atom. The Hall–Kier alpha value is -2.29. The number of sulfone groups is 1. The first-order valence-corrected chi connectivity index (χ1v) is 7.82. The van der Waals surface area contributed by atoms with Crippen molar-refractivity contribution in [3.8, 4) is 6.07 Å². The van der Waals surface area contributed by atoms with Crippen LogP contribution in [-0.4, -0.2) is 8.42 Å². The van der Waals surface area contributed by atoms with Crippen LogP contribution in [0, 0.1) is 11.3 Å². The molecule has 0 heterocycles. The first-order chi connectivity index (χ1) is 10.0. The van der Waals surface area contributed by atoms with E-state index in [1.165, 1.54) is 12.1 Å². The van der Waals surface area contributed by atoms with E-state index in [9.17, 15) is 8.42 Å². The summed E-state index contributed by atoms with van der Waals surface area (Å²) in [6, 6.07) is 16.3. The number of nitrogens with one attached hydrogen (secondary N) is 1. The van der Waals surface area contributed by atoms with Gasteiger partial charge in [0.15, 0.2) is 4.91 Å². The van der Waals surface area contributed by atoms with E-state index in [2.05, 4.69) is 5.32 Å². The summed E-state index contributed by atoms with van der Waals surface area (Å²) in [6.45, 7) is 0. The Kier molecular flexibility index (Phi) is 4.63. The second kappa shape index (κ2) is 6.44. The fourth-order valence-electron chi connectivity index (χ4n) is 1.62. The molecule has 0 radical (unpaired) electrons. The number of rotatable bonds is 4. The first kappa shape index (κ1) is 15.1. The van der Waals surface area contributed by atoms with Crippen molar-refractivity contribution in [2.75, 3.05) is 5.32 Å². The molecule has 0 aliphatic rings. The Morgan fingerprint density at radius 1 is 1.14 bits per heavy atom. The molecule has 0 aliphatic heterocycles. The van der Waals surface area contributed by atoms with Gasteiger partial charge in [-0.1, -0.05) is 35.9 Å². The monoisotopic (exact) mass is 318 g/mol. The lowest BCUT2D eigenvalue weighted by atomic mass is 10.3. The lowest BCUT2D eigenvalue weighted by Gasteiger charge is -2.04. The van der Waals surface area contributed by atoms with Crippen LogP contribution in [0.5, 0.6) is 0 Å². The van der Waals surface area contributed by atoms with E-state index >= 15 is 0 Å². The number of benzene rings is 2. The summed E-state index contributed by atoms with van der Waals surface area (Å²) >= 11 is 5.84. The molecule has 0 atom stereocenters. The molecule has 0 aromatic heterocycles. The van der Waals surface area contributed by atoms with Gasteiger partial charge in [0.1, 0.15) is 6.07 Å². The molecule has 0 saturated heterocycles. The Labute approximate surface area is 128 Å². The molecule has 0 amide bonds. The molecular formula is C15H11ClN2O2S.